The second-order valence-corrected chi connectivity index (χ2v) is 4.59. The largest absolute Gasteiger partial charge is 0.0991 e. The van der Waals surface area contributed by atoms with Crippen LogP contribution in [-0.4, -0.2) is 0 Å². The summed E-state index contributed by atoms with van der Waals surface area (Å²) in [4.78, 5) is 0. The van der Waals surface area contributed by atoms with Crippen LogP contribution in [0.5, 0.6) is 0 Å². The van der Waals surface area contributed by atoms with E-state index in [1.807, 2.05) is 32.1 Å². The van der Waals surface area contributed by atoms with Gasteiger partial charge < -0.3 is 0 Å². The van der Waals surface area contributed by atoms with Gasteiger partial charge in [-0.05, 0) is 52.0 Å². The SMILES string of the molecule is C=C/C=C(\C=C)CC/C=C(\C)CCC=C(C)C.CC. The summed E-state index contributed by atoms with van der Waals surface area (Å²) in [7, 11) is 0. The van der Waals surface area contributed by atoms with Crippen LogP contribution in [0.25, 0.3) is 0 Å². The van der Waals surface area contributed by atoms with E-state index in [9.17, 15) is 0 Å². The standard InChI is InChI=1S/C17H26.C2H6/c1-6-10-17(7-2)14-9-13-16(5)12-8-11-15(3)4;1-2/h6-7,10-11,13H,1-2,8-9,12,14H2,3-5H3;1-2H3/b16-13+,17-10+;. The van der Waals surface area contributed by atoms with Crippen LogP contribution in [0, 0.1) is 0 Å². The molecule has 0 aliphatic heterocycles. The zero-order valence-corrected chi connectivity index (χ0v) is 13.6. The van der Waals surface area contributed by atoms with Crippen molar-refractivity contribution < 1.29 is 0 Å². The lowest BCUT2D eigenvalue weighted by atomic mass is 10.1. The van der Waals surface area contributed by atoms with Crippen LogP contribution in [0.3, 0.4) is 0 Å². The number of allylic oxidation sites excluding steroid dienone is 8. The van der Waals surface area contributed by atoms with Crippen LogP contribution < -0.4 is 0 Å². The molecule has 0 amide bonds. The van der Waals surface area contributed by atoms with E-state index in [0.29, 0.717) is 0 Å². The van der Waals surface area contributed by atoms with Crippen molar-refractivity contribution in [3.8, 4) is 0 Å². The molecule has 0 aromatic carbocycles. The average molecular weight is 260 g/mol. The van der Waals surface area contributed by atoms with E-state index in [0.717, 1.165) is 19.3 Å². The maximum atomic E-state index is 3.80. The Labute approximate surface area is 121 Å². The molecule has 0 radical (unpaired) electrons. The molecule has 0 aliphatic carbocycles. The summed E-state index contributed by atoms with van der Waals surface area (Å²) in [6, 6.07) is 0. The predicted octanol–water partition coefficient (Wildman–Crippen LogP) is 6.78. The van der Waals surface area contributed by atoms with E-state index in [1.165, 1.54) is 23.1 Å². The molecule has 0 aromatic heterocycles. The van der Waals surface area contributed by atoms with Gasteiger partial charge in [0.25, 0.3) is 0 Å². The first kappa shape index (κ1) is 20.0. The van der Waals surface area contributed by atoms with Crippen LogP contribution in [0.1, 0.15) is 60.3 Å². The molecule has 0 saturated heterocycles. The lowest BCUT2D eigenvalue weighted by Crippen LogP contribution is -1.81. The van der Waals surface area contributed by atoms with Gasteiger partial charge in [-0.15, -0.1) is 0 Å². The van der Waals surface area contributed by atoms with Gasteiger partial charge in [-0.25, -0.2) is 0 Å². The Morgan fingerprint density at radius 1 is 0.895 bits per heavy atom. The summed E-state index contributed by atoms with van der Waals surface area (Å²) < 4.78 is 0. The predicted molar refractivity (Wildman–Crippen MR) is 91.5 cm³/mol. The van der Waals surface area contributed by atoms with Crippen molar-refractivity contribution in [1.29, 1.82) is 0 Å². The Bertz CT molecular complexity index is 320. The van der Waals surface area contributed by atoms with Gasteiger partial charge in [0.1, 0.15) is 0 Å². The highest BCUT2D eigenvalue weighted by molar-refractivity contribution is 5.21. The van der Waals surface area contributed by atoms with Gasteiger partial charge in [-0.2, -0.15) is 0 Å². The van der Waals surface area contributed by atoms with E-state index in [-0.39, 0.29) is 0 Å². The Hall–Kier alpha value is -1.30. The molecule has 0 aromatic rings. The lowest BCUT2D eigenvalue weighted by molar-refractivity contribution is 0.927. The average Bonchev–Trinajstić information content (AvgIpc) is 2.39. The molecule has 0 atom stereocenters. The van der Waals surface area contributed by atoms with Gasteiger partial charge in [-0.1, -0.05) is 68.5 Å². The van der Waals surface area contributed by atoms with Crippen LogP contribution in [0.15, 0.2) is 60.3 Å². The molecule has 0 bridgehead atoms. The van der Waals surface area contributed by atoms with Gasteiger partial charge in [-0.3, -0.25) is 0 Å². The van der Waals surface area contributed by atoms with Crippen LogP contribution >= 0.6 is 0 Å². The fourth-order valence-corrected chi connectivity index (χ4v) is 1.58. The van der Waals surface area contributed by atoms with Crippen molar-refractivity contribution in [2.75, 3.05) is 0 Å². The van der Waals surface area contributed by atoms with Gasteiger partial charge in [0.15, 0.2) is 0 Å². The Kier molecular flexibility index (Phi) is 15.6. The summed E-state index contributed by atoms with van der Waals surface area (Å²) in [5.74, 6) is 0. The first-order chi connectivity index (χ1) is 9.10. The lowest BCUT2D eigenvalue weighted by Gasteiger charge is -2.01. The Morgan fingerprint density at radius 3 is 1.95 bits per heavy atom. The molecule has 0 heterocycles. The topological polar surface area (TPSA) is 0 Å². The van der Waals surface area contributed by atoms with Gasteiger partial charge in [0, 0.05) is 0 Å². The first-order valence-electron chi connectivity index (χ1n) is 7.33. The smallest absolute Gasteiger partial charge is 0.0244 e. The molecule has 0 heteroatoms. The highest BCUT2D eigenvalue weighted by atomic mass is 14.0. The highest BCUT2D eigenvalue weighted by Crippen LogP contribution is 2.12. The molecule has 0 nitrogen and oxygen atoms in total. The molecule has 0 saturated carbocycles. The maximum Gasteiger partial charge on any atom is -0.0244 e. The van der Waals surface area contributed by atoms with Crippen LogP contribution in [0.2, 0.25) is 0 Å². The minimum absolute atomic E-state index is 1.05. The Balaban J connectivity index is 0. The maximum absolute atomic E-state index is 3.80. The minimum Gasteiger partial charge on any atom is -0.0991 e. The molecule has 0 aliphatic rings. The van der Waals surface area contributed by atoms with Crippen molar-refractivity contribution in [2.24, 2.45) is 0 Å². The third-order valence-corrected chi connectivity index (χ3v) is 2.61. The van der Waals surface area contributed by atoms with E-state index in [4.69, 9.17) is 0 Å². The van der Waals surface area contributed by atoms with Crippen molar-refractivity contribution in [3.05, 3.63) is 60.3 Å². The summed E-state index contributed by atoms with van der Waals surface area (Å²) in [6.07, 6.45) is 14.8. The first-order valence-corrected chi connectivity index (χ1v) is 7.33. The fraction of sp³-hybridized carbons (Fsp3) is 0.474. The van der Waals surface area contributed by atoms with E-state index in [1.54, 1.807) is 0 Å². The number of hydrogen-bond donors (Lipinski definition) is 0. The number of hydrogen-bond acceptors (Lipinski definition) is 0. The highest BCUT2D eigenvalue weighted by Gasteiger charge is 1.92. The van der Waals surface area contributed by atoms with E-state index >= 15 is 0 Å². The molecular weight excluding hydrogens is 228 g/mol. The summed E-state index contributed by atoms with van der Waals surface area (Å²) in [5, 5.41) is 0. The van der Waals surface area contributed by atoms with Crippen LogP contribution in [-0.2, 0) is 0 Å². The summed E-state index contributed by atoms with van der Waals surface area (Å²) in [6.45, 7) is 18.0. The van der Waals surface area contributed by atoms with Crippen LogP contribution in [0.4, 0.5) is 0 Å². The minimum atomic E-state index is 1.05. The van der Waals surface area contributed by atoms with E-state index in [2.05, 4.69) is 46.1 Å². The van der Waals surface area contributed by atoms with Gasteiger partial charge >= 0.3 is 0 Å². The van der Waals surface area contributed by atoms with E-state index < -0.39 is 0 Å². The molecule has 0 N–H and O–H groups in total. The molecule has 108 valence electrons. The molecule has 0 unspecified atom stereocenters. The fourth-order valence-electron chi connectivity index (χ4n) is 1.58. The number of rotatable bonds is 8. The van der Waals surface area contributed by atoms with Crippen molar-refractivity contribution in [3.63, 3.8) is 0 Å². The molecule has 0 spiro atoms. The van der Waals surface area contributed by atoms with Gasteiger partial charge in [0.05, 0.1) is 0 Å². The zero-order chi connectivity index (χ0) is 15.1. The Morgan fingerprint density at radius 2 is 1.47 bits per heavy atom. The molecule has 0 fully saturated rings. The monoisotopic (exact) mass is 260 g/mol. The second kappa shape index (κ2) is 14.8. The normalized spacial score (nSPS) is 11.2. The van der Waals surface area contributed by atoms with Crippen molar-refractivity contribution in [1.82, 2.24) is 0 Å². The second-order valence-electron chi connectivity index (χ2n) is 4.59. The quantitative estimate of drug-likeness (QED) is 0.333. The molecular formula is C19H32. The summed E-state index contributed by atoms with van der Waals surface area (Å²) >= 11 is 0. The molecule has 19 heavy (non-hydrogen) atoms. The summed E-state index contributed by atoms with van der Waals surface area (Å²) in [5.41, 5.74) is 4.14. The van der Waals surface area contributed by atoms with Crippen molar-refractivity contribution in [2.45, 2.75) is 60.3 Å². The zero-order valence-electron chi connectivity index (χ0n) is 13.6. The van der Waals surface area contributed by atoms with Gasteiger partial charge in [0.2, 0.25) is 0 Å². The molecule has 0 rings (SSSR count). The third-order valence-electron chi connectivity index (χ3n) is 2.61. The van der Waals surface area contributed by atoms with Crippen molar-refractivity contribution >= 4 is 0 Å². The third kappa shape index (κ3) is 14.6.